The summed E-state index contributed by atoms with van der Waals surface area (Å²) >= 11 is 1.91. The minimum absolute atomic E-state index is 0.0222. The van der Waals surface area contributed by atoms with Crippen molar-refractivity contribution < 1.29 is 9.90 Å². The maximum atomic E-state index is 12.3. The van der Waals surface area contributed by atoms with Gasteiger partial charge in [0.1, 0.15) is 0 Å². The summed E-state index contributed by atoms with van der Waals surface area (Å²) < 4.78 is 0. The Kier molecular flexibility index (Phi) is 7.06. The molecule has 2 rings (SSSR count). The minimum Gasteiger partial charge on any atom is -0.393 e. The van der Waals surface area contributed by atoms with Crippen molar-refractivity contribution in [3.63, 3.8) is 0 Å². The van der Waals surface area contributed by atoms with Crippen LogP contribution in [0.2, 0.25) is 0 Å². The van der Waals surface area contributed by atoms with E-state index in [1.54, 1.807) is 6.92 Å². The molecule has 122 valence electrons. The van der Waals surface area contributed by atoms with Crippen LogP contribution >= 0.6 is 11.8 Å². The number of nitrogens with zero attached hydrogens (tertiary/aromatic N) is 1. The molecule has 1 aromatic rings. The summed E-state index contributed by atoms with van der Waals surface area (Å²) in [7, 11) is 0. The molecule has 0 radical (unpaired) electrons. The number of urea groups is 1. The molecular formula is C17H26N2O2S. The molecule has 1 saturated heterocycles. The number of carbonyl (C=O) groups is 1. The molecule has 2 N–H and O–H groups in total. The van der Waals surface area contributed by atoms with Crippen LogP contribution in [0, 0.1) is 0 Å². The second kappa shape index (κ2) is 9.06. The van der Waals surface area contributed by atoms with Crippen LogP contribution in [0.1, 0.15) is 31.2 Å². The van der Waals surface area contributed by atoms with Crippen molar-refractivity contribution in [2.45, 2.75) is 31.8 Å². The first-order valence-electron chi connectivity index (χ1n) is 8.00. The van der Waals surface area contributed by atoms with Crippen molar-refractivity contribution in [1.29, 1.82) is 0 Å². The van der Waals surface area contributed by atoms with E-state index >= 15 is 0 Å². The van der Waals surface area contributed by atoms with Gasteiger partial charge in [-0.3, -0.25) is 0 Å². The van der Waals surface area contributed by atoms with Gasteiger partial charge in [0.05, 0.1) is 6.10 Å². The smallest absolute Gasteiger partial charge is 0.317 e. The van der Waals surface area contributed by atoms with Gasteiger partial charge in [0.2, 0.25) is 0 Å². The zero-order valence-corrected chi connectivity index (χ0v) is 14.0. The summed E-state index contributed by atoms with van der Waals surface area (Å²) in [5.41, 5.74) is 1.16. The molecule has 0 spiro atoms. The lowest BCUT2D eigenvalue weighted by molar-refractivity contribution is 0.171. The zero-order chi connectivity index (χ0) is 15.8. The van der Waals surface area contributed by atoms with Crippen LogP contribution in [0.25, 0.3) is 0 Å². The summed E-state index contributed by atoms with van der Waals surface area (Å²) in [6, 6.07) is 10.1. The molecule has 0 aliphatic carbocycles. The maximum absolute atomic E-state index is 12.3. The van der Waals surface area contributed by atoms with E-state index in [1.807, 2.05) is 34.9 Å². The van der Waals surface area contributed by atoms with Gasteiger partial charge in [-0.2, -0.15) is 11.8 Å². The van der Waals surface area contributed by atoms with E-state index in [-0.39, 0.29) is 18.1 Å². The summed E-state index contributed by atoms with van der Waals surface area (Å²) in [4.78, 5) is 14.2. The van der Waals surface area contributed by atoms with Crippen molar-refractivity contribution in [2.75, 3.05) is 31.1 Å². The zero-order valence-electron chi connectivity index (χ0n) is 13.2. The van der Waals surface area contributed by atoms with Crippen molar-refractivity contribution in [3.8, 4) is 0 Å². The number of hydrogen-bond donors (Lipinski definition) is 2. The number of hydrogen-bond acceptors (Lipinski definition) is 3. The number of benzene rings is 1. The fraction of sp³-hybridized carbons (Fsp3) is 0.588. The molecule has 2 unspecified atom stereocenters. The average Bonchev–Trinajstić information content (AvgIpc) is 2.81. The van der Waals surface area contributed by atoms with Gasteiger partial charge in [0, 0.05) is 31.3 Å². The number of carbonyl (C=O) groups excluding carboxylic acids is 1. The monoisotopic (exact) mass is 322 g/mol. The first-order valence-corrected chi connectivity index (χ1v) is 9.16. The van der Waals surface area contributed by atoms with Crippen molar-refractivity contribution in [2.24, 2.45) is 0 Å². The highest BCUT2D eigenvalue weighted by atomic mass is 32.2. The fourth-order valence-corrected chi connectivity index (χ4v) is 3.63. The van der Waals surface area contributed by atoms with Crippen LogP contribution in [-0.4, -0.2) is 53.3 Å². The second-order valence-corrected chi connectivity index (χ2v) is 7.06. The summed E-state index contributed by atoms with van der Waals surface area (Å²) in [6.07, 6.45) is 1.34. The molecule has 1 aliphatic rings. The highest BCUT2D eigenvalue weighted by Gasteiger charge is 2.19. The molecule has 4 nitrogen and oxygen atoms in total. The van der Waals surface area contributed by atoms with Gasteiger partial charge in [-0.1, -0.05) is 30.3 Å². The lowest BCUT2D eigenvalue weighted by Crippen LogP contribution is -2.42. The van der Waals surface area contributed by atoms with Gasteiger partial charge >= 0.3 is 6.03 Å². The maximum Gasteiger partial charge on any atom is 0.317 e. The third kappa shape index (κ3) is 5.54. The Balaban J connectivity index is 1.91. The largest absolute Gasteiger partial charge is 0.393 e. The Labute approximate surface area is 137 Å². The number of rotatable bonds is 5. The first kappa shape index (κ1) is 17.2. The molecule has 0 bridgehead atoms. The Morgan fingerprint density at radius 3 is 2.82 bits per heavy atom. The molecule has 5 heteroatoms. The quantitative estimate of drug-likeness (QED) is 0.876. The predicted molar refractivity (Wildman–Crippen MR) is 92.4 cm³/mol. The molecule has 1 aromatic carbocycles. The van der Waals surface area contributed by atoms with E-state index in [1.165, 1.54) is 0 Å². The lowest BCUT2D eigenvalue weighted by Gasteiger charge is -2.24. The van der Waals surface area contributed by atoms with Gasteiger partial charge in [0.25, 0.3) is 0 Å². The van der Waals surface area contributed by atoms with Gasteiger partial charge in [-0.15, -0.1) is 0 Å². The van der Waals surface area contributed by atoms with E-state index < -0.39 is 0 Å². The topological polar surface area (TPSA) is 52.6 Å². The van der Waals surface area contributed by atoms with E-state index in [2.05, 4.69) is 17.4 Å². The molecule has 1 fully saturated rings. The van der Waals surface area contributed by atoms with E-state index in [0.717, 1.165) is 36.6 Å². The molecule has 2 amide bonds. The SMILES string of the molecule is CC(O)CC(CNC(=O)N1CCCSCC1)c1ccccc1. The Morgan fingerprint density at radius 2 is 2.09 bits per heavy atom. The van der Waals surface area contributed by atoms with Crippen LogP contribution in [0.3, 0.4) is 0 Å². The third-order valence-electron chi connectivity index (χ3n) is 3.91. The summed E-state index contributed by atoms with van der Waals surface area (Å²) in [6.45, 7) is 4.02. The summed E-state index contributed by atoms with van der Waals surface area (Å²) in [5.74, 6) is 2.30. The minimum atomic E-state index is -0.378. The number of amides is 2. The van der Waals surface area contributed by atoms with Crippen LogP contribution < -0.4 is 5.32 Å². The van der Waals surface area contributed by atoms with Gasteiger partial charge in [-0.05, 0) is 31.1 Å². The lowest BCUT2D eigenvalue weighted by atomic mass is 9.93. The Morgan fingerprint density at radius 1 is 1.32 bits per heavy atom. The Hall–Kier alpha value is -1.20. The molecule has 2 atom stereocenters. The normalized spacial score (nSPS) is 18.4. The van der Waals surface area contributed by atoms with Crippen LogP contribution in [0.5, 0.6) is 0 Å². The average molecular weight is 322 g/mol. The molecule has 1 aliphatic heterocycles. The van der Waals surface area contributed by atoms with E-state index in [4.69, 9.17) is 0 Å². The fourth-order valence-electron chi connectivity index (χ4n) is 2.75. The molecule has 1 heterocycles. The van der Waals surface area contributed by atoms with E-state index in [0.29, 0.717) is 13.0 Å². The number of thioether (sulfide) groups is 1. The highest BCUT2D eigenvalue weighted by molar-refractivity contribution is 7.99. The molecule has 22 heavy (non-hydrogen) atoms. The Bertz CT molecular complexity index is 445. The number of nitrogens with one attached hydrogen (secondary N) is 1. The van der Waals surface area contributed by atoms with Crippen LogP contribution in [-0.2, 0) is 0 Å². The van der Waals surface area contributed by atoms with Crippen molar-refractivity contribution >= 4 is 17.8 Å². The summed E-state index contributed by atoms with van der Waals surface area (Å²) in [5, 5.41) is 12.8. The first-order chi connectivity index (χ1) is 10.7. The van der Waals surface area contributed by atoms with E-state index in [9.17, 15) is 9.90 Å². The molecule has 0 saturated carbocycles. The number of aliphatic hydroxyl groups is 1. The van der Waals surface area contributed by atoms with Gasteiger partial charge in [0.15, 0.2) is 0 Å². The second-order valence-electron chi connectivity index (χ2n) is 5.83. The predicted octanol–water partition coefficient (Wildman–Crippen LogP) is 2.69. The van der Waals surface area contributed by atoms with Crippen molar-refractivity contribution in [3.05, 3.63) is 35.9 Å². The molecular weight excluding hydrogens is 296 g/mol. The van der Waals surface area contributed by atoms with Gasteiger partial charge < -0.3 is 15.3 Å². The molecule has 0 aromatic heterocycles. The van der Waals surface area contributed by atoms with Crippen LogP contribution in [0.4, 0.5) is 4.79 Å². The van der Waals surface area contributed by atoms with Gasteiger partial charge in [-0.25, -0.2) is 4.79 Å². The standard InChI is InChI=1S/C17H26N2O2S/c1-14(20)12-16(15-6-3-2-4-7-15)13-18-17(21)19-8-5-10-22-11-9-19/h2-4,6-7,14,16,20H,5,8-13H2,1H3,(H,18,21). The van der Waals surface area contributed by atoms with Crippen LogP contribution in [0.15, 0.2) is 30.3 Å². The highest BCUT2D eigenvalue weighted by Crippen LogP contribution is 2.20. The third-order valence-corrected chi connectivity index (χ3v) is 4.95. The van der Waals surface area contributed by atoms with Crippen molar-refractivity contribution in [1.82, 2.24) is 10.2 Å². The number of aliphatic hydroxyl groups excluding tert-OH is 1.